The third-order valence-electron chi connectivity index (χ3n) is 6.50. The molecule has 0 radical (unpaired) electrons. The molecule has 2 atom stereocenters. The molecule has 0 spiro atoms. The molecule has 0 bridgehead atoms. The average Bonchev–Trinajstić information content (AvgIpc) is 3.61. The number of hydrogen-bond donors (Lipinski definition) is 1. The predicted molar refractivity (Wildman–Crippen MR) is 138 cm³/mol. The summed E-state index contributed by atoms with van der Waals surface area (Å²) in [6.45, 7) is 6.85. The van der Waals surface area contributed by atoms with Gasteiger partial charge in [0.25, 0.3) is 0 Å². The van der Waals surface area contributed by atoms with Crippen molar-refractivity contribution in [3.05, 3.63) is 30.2 Å². The van der Waals surface area contributed by atoms with Crippen LogP contribution in [-0.4, -0.2) is 54.3 Å². The second-order valence-electron chi connectivity index (χ2n) is 9.37. The predicted octanol–water partition coefficient (Wildman–Crippen LogP) is 4.78. The van der Waals surface area contributed by atoms with Gasteiger partial charge in [-0.3, -0.25) is 4.68 Å². The Morgan fingerprint density at radius 3 is 2.86 bits per heavy atom. The number of thiophene rings is 1. The summed E-state index contributed by atoms with van der Waals surface area (Å²) in [5.74, 6) is 2.16. The van der Waals surface area contributed by atoms with Crippen molar-refractivity contribution < 1.29 is 9.53 Å². The number of aryl methyl sites for hydroxylation is 2. The third kappa shape index (κ3) is 4.72. The lowest BCUT2D eigenvalue weighted by Crippen LogP contribution is -2.19. The molecule has 1 aliphatic rings. The third-order valence-corrected chi connectivity index (χ3v) is 7.70. The van der Waals surface area contributed by atoms with E-state index in [2.05, 4.69) is 37.1 Å². The minimum atomic E-state index is 0.165. The molecular formula is C25H31N7O2S. The second-order valence-corrected chi connectivity index (χ2v) is 10.4. The van der Waals surface area contributed by atoms with E-state index in [1.54, 1.807) is 17.5 Å². The van der Waals surface area contributed by atoms with Gasteiger partial charge in [0.2, 0.25) is 0 Å². The highest BCUT2D eigenvalue weighted by molar-refractivity contribution is 7.22. The highest BCUT2D eigenvalue weighted by atomic mass is 32.1. The van der Waals surface area contributed by atoms with Gasteiger partial charge in [-0.15, -0.1) is 11.3 Å². The number of fused-ring (bicyclic) bond motifs is 1. The van der Waals surface area contributed by atoms with Crippen molar-refractivity contribution >= 4 is 33.7 Å². The maximum Gasteiger partial charge on any atom is 0.199 e. The highest BCUT2D eigenvalue weighted by Gasteiger charge is 2.28. The zero-order chi connectivity index (χ0) is 24.5. The van der Waals surface area contributed by atoms with Crippen molar-refractivity contribution in [1.82, 2.24) is 29.3 Å². The van der Waals surface area contributed by atoms with E-state index in [1.807, 2.05) is 28.7 Å². The Labute approximate surface area is 208 Å². The molecule has 184 valence electrons. The summed E-state index contributed by atoms with van der Waals surface area (Å²) < 4.78 is 9.79. The topological polar surface area (TPSA) is 99.8 Å². The van der Waals surface area contributed by atoms with Crippen molar-refractivity contribution in [3.8, 4) is 22.2 Å². The standard InChI is InChI=1S/C25H31N7O2S/c1-15(2)32-10-8-19(30-32)21-16(3)20-22(27-17-6-7-18(14-17)34-13-5-12-33)28-23(29-25(20)35-21)24-26-9-11-31(24)4/h8-12,15,17-18H,5-7,13-14H2,1-4H3,(H,27,28,29)/t17-,18+/m1/s1. The zero-order valence-corrected chi connectivity index (χ0v) is 21.4. The molecule has 10 heteroatoms. The van der Waals surface area contributed by atoms with Crippen LogP contribution in [0.5, 0.6) is 0 Å². The average molecular weight is 494 g/mol. The van der Waals surface area contributed by atoms with Gasteiger partial charge in [0.1, 0.15) is 22.6 Å². The molecule has 0 amide bonds. The van der Waals surface area contributed by atoms with Crippen LogP contribution in [0.1, 0.15) is 51.1 Å². The van der Waals surface area contributed by atoms with Crippen LogP contribution in [0.3, 0.4) is 0 Å². The summed E-state index contributed by atoms with van der Waals surface area (Å²) in [4.78, 5) is 27.0. The molecule has 1 N–H and O–H groups in total. The van der Waals surface area contributed by atoms with E-state index >= 15 is 0 Å². The Morgan fingerprint density at radius 2 is 2.14 bits per heavy atom. The Morgan fingerprint density at radius 1 is 1.29 bits per heavy atom. The lowest BCUT2D eigenvalue weighted by Gasteiger charge is -2.16. The van der Waals surface area contributed by atoms with Crippen LogP contribution in [0, 0.1) is 6.92 Å². The van der Waals surface area contributed by atoms with Crippen LogP contribution in [0.4, 0.5) is 5.82 Å². The molecule has 5 rings (SSSR count). The van der Waals surface area contributed by atoms with Crippen molar-refractivity contribution in [3.63, 3.8) is 0 Å². The molecule has 35 heavy (non-hydrogen) atoms. The molecule has 9 nitrogen and oxygen atoms in total. The van der Waals surface area contributed by atoms with Crippen molar-refractivity contribution in [1.29, 1.82) is 0 Å². The SMILES string of the molecule is Cc1c(-c2ccn(C(C)C)n2)sc2nc(-c3nccn3C)nc(N[C@@H]3CC[C@H](OCCC=O)C3)c12. The Balaban J connectivity index is 1.52. The number of aromatic nitrogens is 6. The monoisotopic (exact) mass is 493 g/mol. The van der Waals surface area contributed by atoms with Gasteiger partial charge in [0, 0.05) is 44.1 Å². The molecular weight excluding hydrogens is 462 g/mol. The summed E-state index contributed by atoms with van der Waals surface area (Å²) in [6, 6.07) is 2.61. The van der Waals surface area contributed by atoms with Crippen LogP contribution in [0.2, 0.25) is 0 Å². The molecule has 1 aliphatic carbocycles. The summed E-state index contributed by atoms with van der Waals surface area (Å²) >= 11 is 1.64. The fraction of sp³-hybridized carbons (Fsp3) is 0.480. The van der Waals surface area contributed by atoms with E-state index in [0.29, 0.717) is 24.9 Å². The number of nitrogens with zero attached hydrogens (tertiary/aromatic N) is 6. The number of imidazole rings is 1. The molecule has 4 aromatic rings. The first kappa shape index (κ1) is 23.6. The van der Waals surface area contributed by atoms with Crippen LogP contribution in [0.25, 0.3) is 32.4 Å². The number of aldehydes is 1. The maximum absolute atomic E-state index is 10.6. The number of carbonyl (C=O) groups is 1. The van der Waals surface area contributed by atoms with Gasteiger partial charge in [-0.05, 0) is 51.7 Å². The first-order chi connectivity index (χ1) is 16.9. The molecule has 0 saturated heterocycles. The molecule has 1 fully saturated rings. The molecule has 4 aromatic heterocycles. The Bertz CT molecular complexity index is 1340. The van der Waals surface area contributed by atoms with E-state index in [-0.39, 0.29) is 12.1 Å². The number of hydrogen-bond acceptors (Lipinski definition) is 8. The van der Waals surface area contributed by atoms with Gasteiger partial charge in [-0.1, -0.05) is 0 Å². The summed E-state index contributed by atoms with van der Waals surface area (Å²) in [5.41, 5.74) is 2.08. The summed E-state index contributed by atoms with van der Waals surface area (Å²) in [6.07, 6.45) is 10.0. The highest BCUT2D eigenvalue weighted by Crippen LogP contribution is 2.41. The molecule has 1 saturated carbocycles. The minimum Gasteiger partial charge on any atom is -0.378 e. The van der Waals surface area contributed by atoms with E-state index in [4.69, 9.17) is 19.8 Å². The molecule has 0 aliphatic heterocycles. The van der Waals surface area contributed by atoms with Gasteiger partial charge in [0.05, 0.1) is 23.0 Å². The normalized spacial score (nSPS) is 18.1. The van der Waals surface area contributed by atoms with E-state index in [9.17, 15) is 4.79 Å². The Kier molecular flexibility index (Phi) is 6.66. The summed E-state index contributed by atoms with van der Waals surface area (Å²) in [7, 11) is 1.95. The van der Waals surface area contributed by atoms with Gasteiger partial charge in [-0.2, -0.15) is 5.10 Å². The van der Waals surface area contributed by atoms with Crippen molar-refractivity contribution in [2.45, 2.75) is 64.6 Å². The quantitative estimate of drug-likeness (QED) is 0.264. The fourth-order valence-corrected chi connectivity index (χ4v) is 5.76. The molecule has 0 unspecified atom stereocenters. The largest absolute Gasteiger partial charge is 0.378 e. The lowest BCUT2D eigenvalue weighted by molar-refractivity contribution is -0.109. The Hall–Kier alpha value is -3.11. The van der Waals surface area contributed by atoms with Gasteiger partial charge in [0.15, 0.2) is 11.6 Å². The van der Waals surface area contributed by atoms with Crippen LogP contribution >= 0.6 is 11.3 Å². The van der Waals surface area contributed by atoms with Crippen LogP contribution < -0.4 is 5.32 Å². The van der Waals surface area contributed by atoms with Crippen molar-refractivity contribution in [2.24, 2.45) is 7.05 Å². The second kappa shape index (κ2) is 9.87. The smallest absolute Gasteiger partial charge is 0.199 e. The van der Waals surface area contributed by atoms with Gasteiger partial charge in [-0.25, -0.2) is 15.0 Å². The van der Waals surface area contributed by atoms with Crippen molar-refractivity contribution in [2.75, 3.05) is 11.9 Å². The van der Waals surface area contributed by atoms with E-state index < -0.39 is 0 Å². The molecule has 0 aromatic carbocycles. The zero-order valence-electron chi connectivity index (χ0n) is 20.6. The lowest BCUT2D eigenvalue weighted by atomic mass is 10.1. The first-order valence-corrected chi connectivity index (χ1v) is 12.9. The van der Waals surface area contributed by atoms with Crippen LogP contribution in [-0.2, 0) is 16.6 Å². The maximum atomic E-state index is 10.6. The number of carbonyl (C=O) groups excluding carboxylic acids is 1. The summed E-state index contributed by atoms with van der Waals surface area (Å²) in [5, 5.41) is 9.53. The number of ether oxygens (including phenoxy) is 1. The van der Waals surface area contributed by atoms with E-state index in [1.165, 1.54) is 0 Å². The fourth-order valence-electron chi connectivity index (χ4n) is 4.61. The van der Waals surface area contributed by atoms with Gasteiger partial charge >= 0.3 is 0 Å². The minimum absolute atomic E-state index is 0.165. The van der Waals surface area contributed by atoms with Gasteiger partial charge < -0.3 is 19.4 Å². The number of rotatable bonds is 9. The van der Waals surface area contributed by atoms with E-state index in [0.717, 1.165) is 63.5 Å². The van der Waals surface area contributed by atoms with Crippen LogP contribution in [0.15, 0.2) is 24.7 Å². The number of anilines is 1. The molecule has 4 heterocycles. The number of nitrogens with one attached hydrogen (secondary N) is 1. The first-order valence-electron chi connectivity index (χ1n) is 12.1.